The highest BCUT2D eigenvalue weighted by Crippen LogP contribution is 2.32. The van der Waals surface area contributed by atoms with Gasteiger partial charge < -0.3 is 14.6 Å². The maximum absolute atomic E-state index is 12.6. The molecule has 1 N–H and O–H groups in total. The van der Waals surface area contributed by atoms with Gasteiger partial charge in [-0.05, 0) is 38.1 Å². The molecule has 2 heterocycles. The normalized spacial score (nSPS) is 10.8. The van der Waals surface area contributed by atoms with Crippen molar-refractivity contribution in [3.63, 3.8) is 0 Å². The number of anilines is 1. The third-order valence-corrected chi connectivity index (χ3v) is 5.60. The Morgan fingerprint density at radius 3 is 2.87 bits per heavy atom. The van der Waals surface area contributed by atoms with E-state index in [1.165, 1.54) is 11.3 Å². The van der Waals surface area contributed by atoms with E-state index in [-0.39, 0.29) is 12.3 Å². The molecule has 1 amide bonds. The lowest BCUT2D eigenvalue weighted by molar-refractivity contribution is -0.115. The highest BCUT2D eigenvalue weighted by molar-refractivity contribution is 7.13. The van der Waals surface area contributed by atoms with Crippen LogP contribution >= 0.6 is 11.3 Å². The predicted octanol–water partition coefficient (Wildman–Crippen LogP) is 4.67. The lowest BCUT2D eigenvalue weighted by atomic mass is 10.2. The van der Waals surface area contributed by atoms with Gasteiger partial charge in [0.25, 0.3) is 0 Å². The summed E-state index contributed by atoms with van der Waals surface area (Å²) in [6, 6.07) is 15.4. The van der Waals surface area contributed by atoms with Crippen molar-refractivity contribution in [3.05, 3.63) is 65.9 Å². The molecule has 4 rings (SSSR count). The van der Waals surface area contributed by atoms with E-state index in [0.29, 0.717) is 12.3 Å². The number of benzene rings is 2. The van der Waals surface area contributed by atoms with Gasteiger partial charge in [-0.2, -0.15) is 0 Å². The summed E-state index contributed by atoms with van der Waals surface area (Å²) in [4.78, 5) is 17.3. The van der Waals surface area contributed by atoms with E-state index in [2.05, 4.69) is 20.5 Å². The lowest BCUT2D eigenvalue weighted by Gasteiger charge is -2.08. The Balaban J connectivity index is 1.45. The van der Waals surface area contributed by atoms with Gasteiger partial charge in [0.2, 0.25) is 5.91 Å². The van der Waals surface area contributed by atoms with Crippen LogP contribution in [0.2, 0.25) is 0 Å². The molecule has 0 aliphatic heterocycles. The Morgan fingerprint density at radius 2 is 2.03 bits per heavy atom. The average molecular weight is 434 g/mol. The maximum atomic E-state index is 12.6. The molecule has 0 saturated heterocycles. The van der Waals surface area contributed by atoms with E-state index >= 15 is 0 Å². The van der Waals surface area contributed by atoms with E-state index in [4.69, 9.17) is 4.74 Å². The second kappa shape index (κ2) is 9.53. The monoisotopic (exact) mass is 433 g/mol. The number of thiazole rings is 1. The standard InChI is InChI=1S/C23H23N5O2S/c1-3-28-15-24-27-22(28)16-8-7-9-17(12-16)25-21(29)13-18-14-31-23(26-18)19-10-5-6-11-20(19)30-4-2/h5-12,14-15H,3-4,13H2,1-2H3,(H,25,29). The van der Waals surface area contributed by atoms with Crippen LogP contribution in [0.4, 0.5) is 5.69 Å². The Morgan fingerprint density at radius 1 is 1.16 bits per heavy atom. The summed E-state index contributed by atoms with van der Waals surface area (Å²) < 4.78 is 7.65. The average Bonchev–Trinajstić information content (AvgIpc) is 3.44. The van der Waals surface area contributed by atoms with Crippen molar-refractivity contribution in [3.8, 4) is 27.7 Å². The summed E-state index contributed by atoms with van der Waals surface area (Å²) in [7, 11) is 0. The van der Waals surface area contributed by atoms with E-state index in [0.717, 1.165) is 39.9 Å². The Hall–Kier alpha value is -3.52. The zero-order valence-electron chi connectivity index (χ0n) is 17.4. The van der Waals surface area contributed by atoms with Crippen LogP contribution in [0.3, 0.4) is 0 Å². The molecule has 2 aromatic carbocycles. The third-order valence-electron chi connectivity index (χ3n) is 4.67. The first-order valence-corrected chi connectivity index (χ1v) is 11.0. The Kier molecular flexibility index (Phi) is 6.37. The Labute approximate surface area is 184 Å². The number of nitrogens with zero attached hydrogens (tertiary/aromatic N) is 4. The second-order valence-electron chi connectivity index (χ2n) is 6.82. The summed E-state index contributed by atoms with van der Waals surface area (Å²) in [5, 5.41) is 13.9. The van der Waals surface area contributed by atoms with Crippen LogP contribution in [0.1, 0.15) is 19.5 Å². The van der Waals surface area contributed by atoms with E-state index in [1.807, 2.05) is 72.3 Å². The zero-order chi connectivity index (χ0) is 21.6. The number of hydrogen-bond acceptors (Lipinski definition) is 6. The molecule has 0 bridgehead atoms. The van der Waals surface area contributed by atoms with Crippen molar-refractivity contribution < 1.29 is 9.53 Å². The van der Waals surface area contributed by atoms with Crippen molar-refractivity contribution in [1.82, 2.24) is 19.7 Å². The molecule has 0 radical (unpaired) electrons. The molecular weight excluding hydrogens is 410 g/mol. The number of aromatic nitrogens is 4. The lowest BCUT2D eigenvalue weighted by Crippen LogP contribution is -2.14. The van der Waals surface area contributed by atoms with E-state index in [1.54, 1.807) is 6.33 Å². The number of nitrogens with one attached hydrogen (secondary N) is 1. The molecule has 4 aromatic rings. The first-order valence-electron chi connectivity index (χ1n) is 10.1. The number of rotatable bonds is 8. The van der Waals surface area contributed by atoms with Gasteiger partial charge in [0.1, 0.15) is 17.1 Å². The first kappa shape index (κ1) is 20.7. The quantitative estimate of drug-likeness (QED) is 0.437. The third kappa shape index (κ3) is 4.80. The van der Waals surface area contributed by atoms with Gasteiger partial charge in [-0.15, -0.1) is 21.5 Å². The first-order chi connectivity index (χ1) is 15.2. The smallest absolute Gasteiger partial charge is 0.230 e. The minimum absolute atomic E-state index is 0.121. The minimum Gasteiger partial charge on any atom is -0.493 e. The predicted molar refractivity (Wildman–Crippen MR) is 122 cm³/mol. The molecular formula is C23H23N5O2S. The van der Waals surface area contributed by atoms with E-state index in [9.17, 15) is 4.79 Å². The number of amides is 1. The molecule has 0 fully saturated rings. The van der Waals surface area contributed by atoms with Crippen molar-refractivity contribution in [2.75, 3.05) is 11.9 Å². The molecule has 0 saturated carbocycles. The maximum Gasteiger partial charge on any atom is 0.230 e. The number of aryl methyl sites for hydroxylation is 1. The fraction of sp³-hybridized carbons (Fsp3) is 0.217. The summed E-state index contributed by atoms with van der Waals surface area (Å²) >= 11 is 1.51. The van der Waals surface area contributed by atoms with Gasteiger partial charge in [0, 0.05) is 23.2 Å². The number of carbonyl (C=O) groups is 1. The number of hydrogen-bond donors (Lipinski definition) is 1. The highest BCUT2D eigenvalue weighted by atomic mass is 32.1. The van der Waals surface area contributed by atoms with Crippen molar-refractivity contribution >= 4 is 22.9 Å². The van der Waals surface area contributed by atoms with Gasteiger partial charge in [0.05, 0.1) is 24.3 Å². The van der Waals surface area contributed by atoms with Crippen LogP contribution in [0, 0.1) is 0 Å². The molecule has 0 atom stereocenters. The molecule has 7 nitrogen and oxygen atoms in total. The van der Waals surface area contributed by atoms with Crippen LogP contribution in [-0.4, -0.2) is 32.3 Å². The van der Waals surface area contributed by atoms with Crippen molar-refractivity contribution in [1.29, 1.82) is 0 Å². The fourth-order valence-corrected chi connectivity index (χ4v) is 4.10. The summed E-state index contributed by atoms with van der Waals surface area (Å²) in [6.07, 6.45) is 1.90. The van der Waals surface area contributed by atoms with Gasteiger partial charge in [-0.25, -0.2) is 4.98 Å². The topological polar surface area (TPSA) is 81.9 Å². The number of ether oxygens (including phenoxy) is 1. The van der Waals surface area contributed by atoms with Gasteiger partial charge in [-0.1, -0.05) is 24.3 Å². The number of carbonyl (C=O) groups excluding carboxylic acids is 1. The molecule has 8 heteroatoms. The van der Waals surface area contributed by atoms with Gasteiger partial charge in [-0.3, -0.25) is 4.79 Å². The zero-order valence-corrected chi connectivity index (χ0v) is 18.2. The molecule has 31 heavy (non-hydrogen) atoms. The SMILES string of the molecule is CCOc1ccccc1-c1nc(CC(=O)Nc2cccc(-c3nncn3CC)c2)cs1. The van der Waals surface area contributed by atoms with Crippen LogP contribution in [-0.2, 0) is 17.8 Å². The molecule has 2 aromatic heterocycles. The van der Waals surface area contributed by atoms with Crippen molar-refractivity contribution in [2.24, 2.45) is 0 Å². The van der Waals surface area contributed by atoms with E-state index < -0.39 is 0 Å². The number of para-hydroxylation sites is 1. The summed E-state index contributed by atoms with van der Waals surface area (Å²) in [6.45, 7) is 5.35. The van der Waals surface area contributed by atoms with Crippen LogP contribution < -0.4 is 10.1 Å². The summed E-state index contributed by atoms with van der Waals surface area (Å²) in [5.41, 5.74) is 3.28. The fourth-order valence-electron chi connectivity index (χ4n) is 3.25. The molecule has 158 valence electrons. The second-order valence-corrected chi connectivity index (χ2v) is 7.68. The molecule has 0 spiro atoms. The summed E-state index contributed by atoms with van der Waals surface area (Å²) in [5.74, 6) is 1.45. The Bertz CT molecular complexity index is 1180. The molecule has 0 aliphatic carbocycles. The van der Waals surface area contributed by atoms with Crippen LogP contribution in [0.25, 0.3) is 22.0 Å². The van der Waals surface area contributed by atoms with Gasteiger partial charge in [0.15, 0.2) is 5.82 Å². The van der Waals surface area contributed by atoms with Crippen LogP contribution in [0.5, 0.6) is 5.75 Å². The molecule has 0 aliphatic rings. The minimum atomic E-state index is -0.121. The highest BCUT2D eigenvalue weighted by Gasteiger charge is 2.13. The van der Waals surface area contributed by atoms with Gasteiger partial charge >= 0.3 is 0 Å². The largest absolute Gasteiger partial charge is 0.493 e. The molecule has 0 unspecified atom stereocenters. The van der Waals surface area contributed by atoms with Crippen molar-refractivity contribution in [2.45, 2.75) is 26.8 Å². The van der Waals surface area contributed by atoms with Crippen LogP contribution in [0.15, 0.2) is 60.2 Å².